The number of benzene rings is 2. The smallest absolute Gasteiger partial charge is 0.407 e. The first-order chi connectivity index (χ1) is 17.0. The van der Waals surface area contributed by atoms with Gasteiger partial charge in [0.05, 0.1) is 17.9 Å². The fourth-order valence-electron chi connectivity index (χ4n) is 5.65. The lowest BCUT2D eigenvalue weighted by molar-refractivity contribution is -0.143. The van der Waals surface area contributed by atoms with E-state index in [1.165, 1.54) is 11.1 Å². The molecule has 3 aliphatic carbocycles. The van der Waals surface area contributed by atoms with Crippen molar-refractivity contribution in [1.82, 2.24) is 10.6 Å². The van der Waals surface area contributed by atoms with Crippen molar-refractivity contribution in [2.75, 3.05) is 6.61 Å². The molecular weight excluding hydrogens is 444 g/mol. The van der Waals surface area contributed by atoms with Crippen molar-refractivity contribution in [3.8, 4) is 11.1 Å². The van der Waals surface area contributed by atoms with Crippen LogP contribution in [0.2, 0.25) is 0 Å². The van der Waals surface area contributed by atoms with Crippen molar-refractivity contribution < 1.29 is 24.2 Å². The zero-order valence-electron chi connectivity index (χ0n) is 19.5. The summed E-state index contributed by atoms with van der Waals surface area (Å²) in [5, 5.41) is 15.1. The van der Waals surface area contributed by atoms with Crippen LogP contribution in [0.15, 0.2) is 60.7 Å². The fourth-order valence-corrected chi connectivity index (χ4v) is 5.65. The van der Waals surface area contributed by atoms with Crippen LogP contribution >= 0.6 is 0 Å². The third kappa shape index (κ3) is 4.94. The van der Waals surface area contributed by atoms with E-state index in [1.54, 1.807) is 6.08 Å². The standard InChI is InChI=1S/C28H30N2O5/c31-26(29-19-7-5-6-18(15-19)27(32)33)17-12-13-20(14-17)30-28(34)35-16-25-23-10-3-1-8-21(23)22-9-2-4-11-24(22)25/h1-4,8-13,17-20,25H,5-7,14-16H2,(H,29,31)(H,30,34)(H,32,33). The van der Waals surface area contributed by atoms with Gasteiger partial charge in [0.1, 0.15) is 6.61 Å². The molecule has 182 valence electrons. The van der Waals surface area contributed by atoms with Crippen LogP contribution in [0.1, 0.15) is 49.1 Å². The van der Waals surface area contributed by atoms with Crippen LogP contribution in [-0.2, 0) is 14.3 Å². The molecule has 5 rings (SSSR count). The van der Waals surface area contributed by atoms with E-state index >= 15 is 0 Å². The molecule has 2 aromatic rings. The van der Waals surface area contributed by atoms with Gasteiger partial charge in [-0.1, -0.05) is 67.1 Å². The van der Waals surface area contributed by atoms with Crippen LogP contribution in [-0.4, -0.2) is 41.8 Å². The number of carboxylic acids is 1. The summed E-state index contributed by atoms with van der Waals surface area (Å²) in [6, 6.07) is 16.0. The molecule has 0 spiro atoms. The molecule has 0 saturated heterocycles. The minimum atomic E-state index is -0.794. The number of amides is 2. The second kappa shape index (κ2) is 9.94. The van der Waals surface area contributed by atoms with Gasteiger partial charge in [-0.25, -0.2) is 4.79 Å². The number of rotatable bonds is 6. The van der Waals surface area contributed by atoms with Gasteiger partial charge in [-0.05, 0) is 47.9 Å². The van der Waals surface area contributed by atoms with Gasteiger partial charge in [0.2, 0.25) is 5.91 Å². The fraction of sp³-hybridized carbons (Fsp3) is 0.393. The van der Waals surface area contributed by atoms with Gasteiger partial charge in [-0.3, -0.25) is 9.59 Å². The molecule has 4 unspecified atom stereocenters. The highest BCUT2D eigenvalue weighted by Gasteiger charge is 2.32. The predicted octanol–water partition coefficient (Wildman–Crippen LogP) is 4.23. The maximum Gasteiger partial charge on any atom is 0.407 e. The maximum atomic E-state index is 12.7. The molecule has 0 radical (unpaired) electrons. The number of carbonyl (C=O) groups is 3. The molecule has 0 bridgehead atoms. The molecule has 7 heteroatoms. The number of carboxylic acid groups (broad SMARTS) is 1. The van der Waals surface area contributed by atoms with Crippen LogP contribution in [0.3, 0.4) is 0 Å². The Balaban J connectivity index is 1.11. The Morgan fingerprint density at radius 2 is 1.57 bits per heavy atom. The Morgan fingerprint density at radius 3 is 2.26 bits per heavy atom. The summed E-state index contributed by atoms with van der Waals surface area (Å²) in [6.45, 7) is 0.243. The summed E-state index contributed by atoms with van der Waals surface area (Å²) >= 11 is 0. The van der Waals surface area contributed by atoms with E-state index in [4.69, 9.17) is 4.74 Å². The number of alkyl carbamates (subject to hydrolysis) is 1. The summed E-state index contributed by atoms with van der Waals surface area (Å²) in [6.07, 6.45) is 6.33. The van der Waals surface area contributed by atoms with Crippen LogP contribution in [0, 0.1) is 11.8 Å². The molecule has 2 amide bonds. The van der Waals surface area contributed by atoms with E-state index in [-0.39, 0.29) is 36.4 Å². The van der Waals surface area contributed by atoms with E-state index in [9.17, 15) is 19.5 Å². The van der Waals surface area contributed by atoms with Crippen molar-refractivity contribution in [2.24, 2.45) is 11.8 Å². The third-order valence-corrected chi connectivity index (χ3v) is 7.44. The Hall–Kier alpha value is -3.61. The van der Waals surface area contributed by atoms with E-state index in [2.05, 4.69) is 34.9 Å². The van der Waals surface area contributed by atoms with Crippen LogP contribution in [0.25, 0.3) is 11.1 Å². The van der Waals surface area contributed by atoms with Crippen molar-refractivity contribution in [3.63, 3.8) is 0 Å². The molecule has 7 nitrogen and oxygen atoms in total. The molecule has 3 N–H and O–H groups in total. The van der Waals surface area contributed by atoms with Gasteiger partial charge in [0.25, 0.3) is 0 Å². The molecular formula is C28H30N2O5. The van der Waals surface area contributed by atoms with Crippen LogP contribution in [0.4, 0.5) is 4.79 Å². The Bertz CT molecular complexity index is 1110. The number of ether oxygens (including phenoxy) is 1. The van der Waals surface area contributed by atoms with Gasteiger partial charge >= 0.3 is 12.1 Å². The number of hydrogen-bond donors (Lipinski definition) is 3. The summed E-state index contributed by atoms with van der Waals surface area (Å²) in [4.78, 5) is 36.5. The first-order valence-electron chi connectivity index (χ1n) is 12.3. The van der Waals surface area contributed by atoms with Crippen LogP contribution < -0.4 is 10.6 Å². The lowest BCUT2D eigenvalue weighted by Gasteiger charge is -2.28. The van der Waals surface area contributed by atoms with Crippen molar-refractivity contribution in [1.29, 1.82) is 0 Å². The van der Waals surface area contributed by atoms with Gasteiger partial charge in [0, 0.05) is 12.0 Å². The van der Waals surface area contributed by atoms with Crippen LogP contribution in [0.5, 0.6) is 0 Å². The second-order valence-electron chi connectivity index (χ2n) is 9.71. The highest BCUT2D eigenvalue weighted by atomic mass is 16.5. The summed E-state index contributed by atoms with van der Waals surface area (Å²) < 4.78 is 5.61. The minimum absolute atomic E-state index is 0.00378. The van der Waals surface area contributed by atoms with E-state index in [0.29, 0.717) is 19.3 Å². The highest BCUT2D eigenvalue weighted by Crippen LogP contribution is 2.44. The Kier molecular flexibility index (Phi) is 6.57. The lowest BCUT2D eigenvalue weighted by atomic mass is 9.85. The van der Waals surface area contributed by atoms with Crippen molar-refractivity contribution in [2.45, 2.75) is 50.1 Å². The van der Waals surface area contributed by atoms with E-state index in [0.717, 1.165) is 24.0 Å². The average Bonchev–Trinajstić information content (AvgIpc) is 3.46. The number of aliphatic carboxylic acids is 1. The molecule has 1 saturated carbocycles. The van der Waals surface area contributed by atoms with Crippen molar-refractivity contribution in [3.05, 3.63) is 71.8 Å². The highest BCUT2D eigenvalue weighted by molar-refractivity contribution is 5.82. The number of carbonyl (C=O) groups excluding carboxylic acids is 2. The molecule has 35 heavy (non-hydrogen) atoms. The van der Waals surface area contributed by atoms with Crippen molar-refractivity contribution >= 4 is 18.0 Å². The van der Waals surface area contributed by atoms with Gasteiger partial charge in [-0.15, -0.1) is 0 Å². The largest absolute Gasteiger partial charge is 0.481 e. The lowest BCUT2D eigenvalue weighted by Crippen LogP contribution is -2.43. The third-order valence-electron chi connectivity index (χ3n) is 7.44. The van der Waals surface area contributed by atoms with E-state index in [1.807, 2.05) is 30.3 Å². The topological polar surface area (TPSA) is 105 Å². The zero-order valence-corrected chi connectivity index (χ0v) is 19.5. The molecule has 1 fully saturated rings. The number of hydrogen-bond acceptors (Lipinski definition) is 4. The van der Waals surface area contributed by atoms with Gasteiger partial charge < -0.3 is 20.5 Å². The first-order valence-corrected chi connectivity index (χ1v) is 12.3. The molecule has 0 heterocycles. The SMILES string of the molecule is O=C(NC1C=CC(C(=O)NC2CCCC(C(=O)O)C2)C1)OCC1c2ccccc2-c2ccccc21. The zero-order chi connectivity index (χ0) is 24.4. The molecule has 0 aliphatic heterocycles. The molecule has 0 aromatic heterocycles. The van der Waals surface area contributed by atoms with E-state index < -0.39 is 18.0 Å². The summed E-state index contributed by atoms with van der Waals surface area (Å²) in [5.74, 6) is -1.66. The normalized spacial score (nSPS) is 24.9. The molecule has 3 aliphatic rings. The first kappa shape index (κ1) is 23.1. The minimum Gasteiger partial charge on any atom is -0.481 e. The molecule has 4 atom stereocenters. The van der Waals surface area contributed by atoms with Gasteiger partial charge in [0.15, 0.2) is 0 Å². The average molecular weight is 475 g/mol. The summed E-state index contributed by atoms with van der Waals surface area (Å²) in [5.41, 5.74) is 4.67. The van der Waals surface area contributed by atoms with Gasteiger partial charge in [-0.2, -0.15) is 0 Å². The quantitative estimate of drug-likeness (QED) is 0.544. The monoisotopic (exact) mass is 474 g/mol. The predicted molar refractivity (Wildman–Crippen MR) is 131 cm³/mol. The Labute approximate surface area is 204 Å². The maximum absolute atomic E-state index is 12.7. The summed E-state index contributed by atoms with van der Waals surface area (Å²) in [7, 11) is 0. The Morgan fingerprint density at radius 1 is 0.886 bits per heavy atom. The molecule has 2 aromatic carbocycles. The second-order valence-corrected chi connectivity index (χ2v) is 9.71. The number of nitrogens with one attached hydrogen (secondary N) is 2. The number of fused-ring (bicyclic) bond motifs is 3.